The van der Waals surface area contributed by atoms with E-state index in [4.69, 9.17) is 23.2 Å². The lowest BCUT2D eigenvalue weighted by Gasteiger charge is -2.39. The zero-order chi connectivity index (χ0) is 14.8. The molecular weight excluding hydrogens is 331 g/mol. The summed E-state index contributed by atoms with van der Waals surface area (Å²) in [4.78, 5) is 12.2. The molecule has 1 fully saturated rings. The summed E-state index contributed by atoms with van der Waals surface area (Å²) in [5.41, 5.74) is 0.608. The third-order valence-corrected chi connectivity index (χ3v) is 4.54. The molecule has 0 radical (unpaired) electrons. The lowest BCUT2D eigenvalue weighted by Crippen LogP contribution is -2.52. The Kier molecular flexibility index (Phi) is 6.79. The largest absolute Gasteiger partial charge is 0.350 e. The summed E-state index contributed by atoms with van der Waals surface area (Å²) in [6.45, 7) is 6.04. The molecule has 1 aromatic rings. The van der Waals surface area contributed by atoms with Gasteiger partial charge in [-0.3, -0.25) is 4.79 Å². The molecule has 0 aromatic heterocycles. The maximum atomic E-state index is 12.2. The van der Waals surface area contributed by atoms with E-state index in [1.807, 2.05) is 0 Å². The molecule has 3 nitrogen and oxygen atoms in total. The van der Waals surface area contributed by atoms with Crippen molar-refractivity contribution < 1.29 is 4.79 Å². The van der Waals surface area contributed by atoms with E-state index in [9.17, 15) is 4.79 Å². The van der Waals surface area contributed by atoms with Gasteiger partial charge < -0.3 is 10.6 Å². The summed E-state index contributed by atoms with van der Waals surface area (Å²) in [7, 11) is 0. The molecule has 2 N–H and O–H groups in total. The second-order valence-corrected chi connectivity index (χ2v) is 6.78. The molecular formula is C15H21Cl3N2O. The molecule has 2 rings (SSSR count). The number of benzene rings is 1. The third kappa shape index (κ3) is 4.75. The summed E-state index contributed by atoms with van der Waals surface area (Å²) >= 11 is 11.9. The fourth-order valence-corrected chi connectivity index (χ4v) is 2.96. The van der Waals surface area contributed by atoms with Gasteiger partial charge >= 0.3 is 0 Å². The summed E-state index contributed by atoms with van der Waals surface area (Å²) in [5, 5.41) is 7.35. The van der Waals surface area contributed by atoms with Crippen molar-refractivity contribution in [2.45, 2.75) is 32.7 Å². The molecule has 118 valence electrons. The van der Waals surface area contributed by atoms with Crippen molar-refractivity contribution in [3.8, 4) is 0 Å². The molecule has 1 aliphatic heterocycles. The van der Waals surface area contributed by atoms with Gasteiger partial charge in [-0.15, -0.1) is 12.4 Å². The van der Waals surface area contributed by atoms with E-state index < -0.39 is 0 Å². The Balaban J connectivity index is 0.00000220. The quantitative estimate of drug-likeness (QED) is 0.866. The van der Waals surface area contributed by atoms with Crippen molar-refractivity contribution >= 4 is 41.5 Å². The molecule has 1 saturated heterocycles. The van der Waals surface area contributed by atoms with E-state index in [1.54, 1.807) is 18.2 Å². The van der Waals surface area contributed by atoms with Gasteiger partial charge in [-0.25, -0.2) is 0 Å². The zero-order valence-electron chi connectivity index (χ0n) is 12.2. The van der Waals surface area contributed by atoms with Crippen LogP contribution in [0, 0.1) is 5.41 Å². The predicted octanol–water partition coefficient (Wildman–Crippen LogP) is 3.92. The molecule has 1 atom stereocenters. The van der Waals surface area contributed by atoms with Crippen molar-refractivity contribution in [1.82, 2.24) is 10.6 Å². The van der Waals surface area contributed by atoms with Crippen LogP contribution >= 0.6 is 35.6 Å². The van der Waals surface area contributed by atoms with Crippen LogP contribution in [0.3, 0.4) is 0 Å². The van der Waals surface area contributed by atoms with E-state index in [2.05, 4.69) is 24.5 Å². The van der Waals surface area contributed by atoms with Crippen molar-refractivity contribution in [3.63, 3.8) is 0 Å². The number of hydrogen-bond acceptors (Lipinski definition) is 2. The van der Waals surface area contributed by atoms with Crippen molar-refractivity contribution in [1.29, 1.82) is 0 Å². The highest BCUT2D eigenvalue weighted by atomic mass is 35.5. The minimum Gasteiger partial charge on any atom is -0.350 e. The summed E-state index contributed by atoms with van der Waals surface area (Å²) in [6, 6.07) is 5.19. The first kappa shape index (κ1) is 18.6. The molecule has 6 heteroatoms. The number of rotatable bonds is 3. The lowest BCUT2D eigenvalue weighted by molar-refractivity contribution is 0.0929. The number of amides is 1. The number of hydrogen-bond donors (Lipinski definition) is 2. The number of nitrogens with one attached hydrogen (secondary N) is 2. The fraction of sp³-hybridized carbons (Fsp3) is 0.533. The van der Waals surface area contributed by atoms with Crippen LogP contribution in [0.2, 0.25) is 10.0 Å². The van der Waals surface area contributed by atoms with Gasteiger partial charge in [0, 0.05) is 17.6 Å². The first-order chi connectivity index (χ1) is 9.40. The fourth-order valence-electron chi connectivity index (χ4n) is 2.58. The van der Waals surface area contributed by atoms with E-state index in [0.717, 1.165) is 6.54 Å². The van der Waals surface area contributed by atoms with Gasteiger partial charge in [0.2, 0.25) is 0 Å². The van der Waals surface area contributed by atoms with E-state index >= 15 is 0 Å². The van der Waals surface area contributed by atoms with E-state index in [1.165, 1.54) is 12.8 Å². The molecule has 0 aliphatic carbocycles. The van der Waals surface area contributed by atoms with Crippen LogP contribution < -0.4 is 10.6 Å². The molecule has 1 heterocycles. The molecule has 1 unspecified atom stereocenters. The van der Waals surface area contributed by atoms with Crippen molar-refractivity contribution in [2.24, 2.45) is 5.41 Å². The number of piperidine rings is 1. The molecule has 1 aromatic carbocycles. The van der Waals surface area contributed by atoms with Crippen LogP contribution in [0.15, 0.2) is 18.2 Å². The third-order valence-electron chi connectivity index (χ3n) is 3.97. The number of carbonyl (C=O) groups is 1. The monoisotopic (exact) mass is 350 g/mol. The molecule has 21 heavy (non-hydrogen) atoms. The van der Waals surface area contributed by atoms with E-state index in [-0.39, 0.29) is 29.8 Å². The summed E-state index contributed by atoms with van der Waals surface area (Å²) < 4.78 is 0. The Morgan fingerprint density at radius 2 is 2.14 bits per heavy atom. The maximum Gasteiger partial charge on any atom is 0.252 e. The first-order valence-electron chi connectivity index (χ1n) is 6.87. The molecule has 0 spiro atoms. The Bertz CT molecular complexity index is 506. The van der Waals surface area contributed by atoms with Crippen molar-refractivity contribution in [2.75, 3.05) is 13.1 Å². The molecule has 1 aliphatic rings. The topological polar surface area (TPSA) is 41.1 Å². The smallest absolute Gasteiger partial charge is 0.252 e. The first-order valence-corrected chi connectivity index (χ1v) is 7.62. The second kappa shape index (κ2) is 7.68. The Morgan fingerprint density at radius 3 is 2.81 bits per heavy atom. The average Bonchev–Trinajstić information content (AvgIpc) is 2.39. The zero-order valence-corrected chi connectivity index (χ0v) is 14.5. The Labute approximate surface area is 142 Å². The molecule has 0 saturated carbocycles. The normalized spacial score (nSPS) is 20.5. The van der Waals surface area contributed by atoms with Crippen molar-refractivity contribution in [3.05, 3.63) is 33.8 Å². The Morgan fingerprint density at radius 1 is 1.43 bits per heavy atom. The van der Waals surface area contributed by atoms with Crippen LogP contribution in [0.1, 0.15) is 37.0 Å². The highest BCUT2D eigenvalue weighted by Crippen LogP contribution is 2.29. The van der Waals surface area contributed by atoms with Gasteiger partial charge in [0.25, 0.3) is 5.91 Å². The van der Waals surface area contributed by atoms with Gasteiger partial charge in [0.15, 0.2) is 0 Å². The van der Waals surface area contributed by atoms with Crippen LogP contribution in [-0.2, 0) is 0 Å². The Hall–Kier alpha value is -0.480. The van der Waals surface area contributed by atoms with E-state index in [0.29, 0.717) is 22.2 Å². The second-order valence-electron chi connectivity index (χ2n) is 5.93. The maximum absolute atomic E-state index is 12.2. The lowest BCUT2D eigenvalue weighted by atomic mass is 9.77. The van der Waals surface area contributed by atoms with Gasteiger partial charge in [-0.1, -0.05) is 37.0 Å². The minimum absolute atomic E-state index is 0. The minimum atomic E-state index is -0.180. The summed E-state index contributed by atoms with van der Waals surface area (Å²) in [5.74, 6) is -0.180. The van der Waals surface area contributed by atoms with Gasteiger partial charge in [0.1, 0.15) is 0 Å². The van der Waals surface area contributed by atoms with Gasteiger partial charge in [-0.2, -0.15) is 0 Å². The summed E-state index contributed by atoms with van der Waals surface area (Å²) in [6.07, 6.45) is 2.34. The van der Waals surface area contributed by atoms with Crippen LogP contribution in [0.25, 0.3) is 0 Å². The van der Waals surface area contributed by atoms with Gasteiger partial charge in [0.05, 0.1) is 10.6 Å². The number of halogens is 3. The van der Waals surface area contributed by atoms with Crippen LogP contribution in [0.4, 0.5) is 0 Å². The predicted molar refractivity (Wildman–Crippen MR) is 90.8 cm³/mol. The number of carbonyl (C=O) groups excluding carboxylic acids is 1. The SMILES string of the molecule is CC1(C)CCCNC1CNC(=O)c1cc(Cl)ccc1Cl.Cl. The highest BCUT2D eigenvalue weighted by Gasteiger charge is 2.32. The van der Waals surface area contributed by atoms with Crippen LogP contribution in [-0.4, -0.2) is 25.0 Å². The highest BCUT2D eigenvalue weighted by molar-refractivity contribution is 6.35. The van der Waals surface area contributed by atoms with Crippen LogP contribution in [0.5, 0.6) is 0 Å². The molecule has 1 amide bonds. The molecule has 0 bridgehead atoms. The average molecular weight is 352 g/mol. The standard InChI is InChI=1S/C15H20Cl2N2O.ClH/c1-15(2)6-3-7-18-13(15)9-19-14(20)11-8-10(16)4-5-12(11)17;/h4-5,8,13,18H,3,6-7,9H2,1-2H3,(H,19,20);1H. The van der Waals surface area contributed by atoms with Gasteiger partial charge in [-0.05, 0) is 43.0 Å².